The van der Waals surface area contributed by atoms with Crippen LogP contribution in [-0.2, 0) is 16.1 Å². The van der Waals surface area contributed by atoms with Crippen LogP contribution >= 0.6 is 0 Å². The number of carbonyl (C=O) groups excluding carboxylic acids is 1. The Hall–Kier alpha value is -1.66. The largest absolute Gasteiger partial charge is 0.371 e. The summed E-state index contributed by atoms with van der Waals surface area (Å²) in [7, 11) is 1.60. The second-order valence-electron chi connectivity index (χ2n) is 6.14. The average Bonchev–Trinajstić information content (AvgIpc) is 3.10. The Morgan fingerprint density at radius 2 is 2.13 bits per heavy atom. The molecule has 1 aromatic rings. The predicted octanol–water partition coefficient (Wildman–Crippen LogP) is 1.37. The van der Waals surface area contributed by atoms with E-state index in [0.29, 0.717) is 26.2 Å². The summed E-state index contributed by atoms with van der Waals surface area (Å²) in [6.07, 6.45) is 1.84. The van der Waals surface area contributed by atoms with Crippen LogP contribution in [0.5, 0.6) is 0 Å². The molecule has 1 N–H and O–H groups in total. The van der Waals surface area contributed by atoms with Crippen LogP contribution in [0.2, 0.25) is 0 Å². The van der Waals surface area contributed by atoms with E-state index in [9.17, 15) is 9.18 Å². The fraction of sp³-hybridized carbons (Fsp3) is 0.588. The zero-order chi connectivity index (χ0) is 16.2. The molecule has 0 spiro atoms. The Morgan fingerprint density at radius 1 is 1.35 bits per heavy atom. The van der Waals surface area contributed by atoms with Crippen molar-refractivity contribution in [3.8, 4) is 0 Å². The molecule has 5 nitrogen and oxygen atoms in total. The molecular weight excluding hydrogens is 297 g/mol. The smallest absolute Gasteiger partial charge is 0.250 e. The standard InChI is InChI=1S/C17H24FN3O2/c1-19-17(22)16-12-20(9-10-23-16)11-13-14(18)5-4-6-15(13)21-7-2-3-8-21/h4-6,16H,2-3,7-12H2,1H3,(H,19,22). The summed E-state index contributed by atoms with van der Waals surface area (Å²) in [5, 5.41) is 2.61. The number of morpholine rings is 1. The van der Waals surface area contributed by atoms with Crippen LogP contribution < -0.4 is 10.2 Å². The van der Waals surface area contributed by atoms with E-state index in [0.717, 1.165) is 37.2 Å². The normalized spacial score (nSPS) is 22.3. The van der Waals surface area contributed by atoms with Gasteiger partial charge in [-0.1, -0.05) is 6.07 Å². The van der Waals surface area contributed by atoms with E-state index < -0.39 is 6.10 Å². The first kappa shape index (κ1) is 16.2. The number of likely N-dealkylation sites (N-methyl/N-ethyl adjacent to an activating group) is 1. The molecule has 23 heavy (non-hydrogen) atoms. The first-order valence-corrected chi connectivity index (χ1v) is 8.27. The zero-order valence-electron chi connectivity index (χ0n) is 13.6. The molecule has 3 rings (SSSR count). The Morgan fingerprint density at radius 3 is 2.87 bits per heavy atom. The van der Waals surface area contributed by atoms with E-state index in [1.165, 1.54) is 6.07 Å². The van der Waals surface area contributed by atoms with Crippen LogP contribution in [0.25, 0.3) is 0 Å². The van der Waals surface area contributed by atoms with E-state index in [-0.39, 0.29) is 11.7 Å². The SMILES string of the molecule is CNC(=O)C1CN(Cc2c(F)cccc2N2CCCC2)CCO1. The second kappa shape index (κ2) is 7.27. The second-order valence-corrected chi connectivity index (χ2v) is 6.14. The zero-order valence-corrected chi connectivity index (χ0v) is 13.6. The summed E-state index contributed by atoms with van der Waals surface area (Å²) >= 11 is 0. The molecule has 2 heterocycles. The monoisotopic (exact) mass is 321 g/mol. The molecule has 126 valence electrons. The van der Waals surface area contributed by atoms with Crippen LogP contribution in [0.1, 0.15) is 18.4 Å². The van der Waals surface area contributed by atoms with Crippen LogP contribution in [0.15, 0.2) is 18.2 Å². The predicted molar refractivity (Wildman–Crippen MR) is 86.9 cm³/mol. The lowest BCUT2D eigenvalue weighted by Crippen LogP contribution is -2.48. The number of amides is 1. The summed E-state index contributed by atoms with van der Waals surface area (Å²) in [6.45, 7) is 4.18. The lowest BCUT2D eigenvalue weighted by atomic mass is 10.1. The van der Waals surface area contributed by atoms with Crippen molar-refractivity contribution in [2.24, 2.45) is 0 Å². The first-order chi connectivity index (χ1) is 11.2. The molecule has 2 saturated heterocycles. The average molecular weight is 321 g/mol. The maximum absolute atomic E-state index is 14.4. The molecule has 2 aliphatic rings. The van der Waals surface area contributed by atoms with E-state index in [1.54, 1.807) is 13.1 Å². The highest BCUT2D eigenvalue weighted by molar-refractivity contribution is 5.80. The first-order valence-electron chi connectivity index (χ1n) is 8.27. The van der Waals surface area contributed by atoms with Crippen molar-refractivity contribution in [3.63, 3.8) is 0 Å². The minimum absolute atomic E-state index is 0.122. The summed E-state index contributed by atoms with van der Waals surface area (Å²) in [5.74, 6) is -0.291. The molecule has 6 heteroatoms. The molecule has 0 aliphatic carbocycles. The van der Waals surface area contributed by atoms with Crippen molar-refractivity contribution < 1.29 is 13.9 Å². The van der Waals surface area contributed by atoms with Gasteiger partial charge in [0.1, 0.15) is 11.9 Å². The molecule has 0 aromatic heterocycles. The number of carbonyl (C=O) groups is 1. The highest BCUT2D eigenvalue weighted by Crippen LogP contribution is 2.28. The van der Waals surface area contributed by atoms with Crippen molar-refractivity contribution in [3.05, 3.63) is 29.6 Å². The number of halogens is 1. The molecule has 2 fully saturated rings. The minimum atomic E-state index is -0.476. The van der Waals surface area contributed by atoms with Crippen molar-refractivity contribution in [1.82, 2.24) is 10.2 Å². The molecule has 0 radical (unpaired) electrons. The molecule has 1 unspecified atom stereocenters. The van der Waals surface area contributed by atoms with Crippen LogP contribution in [0.3, 0.4) is 0 Å². The fourth-order valence-electron chi connectivity index (χ4n) is 3.35. The van der Waals surface area contributed by atoms with Gasteiger partial charge < -0.3 is 15.0 Å². The number of nitrogens with zero attached hydrogens (tertiary/aromatic N) is 2. The maximum Gasteiger partial charge on any atom is 0.250 e. The molecule has 2 aliphatic heterocycles. The van der Waals surface area contributed by atoms with Gasteiger partial charge in [-0.25, -0.2) is 4.39 Å². The van der Waals surface area contributed by atoms with Gasteiger partial charge in [-0.05, 0) is 25.0 Å². The summed E-state index contributed by atoms with van der Waals surface area (Å²) in [4.78, 5) is 16.1. The highest BCUT2D eigenvalue weighted by Gasteiger charge is 2.27. The number of hydrogen-bond donors (Lipinski definition) is 1. The molecular formula is C17H24FN3O2. The Bertz CT molecular complexity index is 561. The van der Waals surface area contributed by atoms with Crippen molar-refractivity contribution in [1.29, 1.82) is 0 Å². The Kier molecular flexibility index (Phi) is 5.13. The van der Waals surface area contributed by atoms with Gasteiger partial charge >= 0.3 is 0 Å². The molecule has 1 amide bonds. The van der Waals surface area contributed by atoms with Gasteiger partial charge in [0, 0.05) is 51.0 Å². The number of hydrogen-bond acceptors (Lipinski definition) is 4. The van der Waals surface area contributed by atoms with Crippen LogP contribution in [0, 0.1) is 5.82 Å². The Balaban J connectivity index is 1.75. The highest BCUT2D eigenvalue weighted by atomic mass is 19.1. The van der Waals surface area contributed by atoms with Crippen LogP contribution in [-0.4, -0.2) is 56.7 Å². The lowest BCUT2D eigenvalue weighted by molar-refractivity contribution is -0.138. The Labute approximate surface area is 136 Å². The number of anilines is 1. The van der Waals surface area contributed by atoms with E-state index in [1.807, 2.05) is 6.07 Å². The third-order valence-corrected chi connectivity index (χ3v) is 4.61. The van der Waals surface area contributed by atoms with Gasteiger partial charge in [-0.2, -0.15) is 0 Å². The van der Waals surface area contributed by atoms with E-state index >= 15 is 0 Å². The number of benzene rings is 1. The minimum Gasteiger partial charge on any atom is -0.371 e. The van der Waals surface area contributed by atoms with Gasteiger partial charge in [0.05, 0.1) is 6.61 Å². The molecule has 1 aromatic carbocycles. The van der Waals surface area contributed by atoms with Gasteiger partial charge in [0.25, 0.3) is 0 Å². The molecule has 0 bridgehead atoms. The summed E-state index contributed by atoms with van der Waals surface area (Å²) in [6, 6.07) is 5.30. The third kappa shape index (κ3) is 3.64. The van der Waals surface area contributed by atoms with Crippen molar-refractivity contribution in [2.45, 2.75) is 25.5 Å². The quantitative estimate of drug-likeness (QED) is 0.910. The number of rotatable bonds is 4. The molecule has 1 atom stereocenters. The molecule has 0 saturated carbocycles. The topological polar surface area (TPSA) is 44.8 Å². The van der Waals surface area contributed by atoms with Gasteiger partial charge in [-0.15, -0.1) is 0 Å². The number of nitrogens with one attached hydrogen (secondary N) is 1. The van der Waals surface area contributed by atoms with Gasteiger partial charge in [-0.3, -0.25) is 9.69 Å². The fourth-order valence-corrected chi connectivity index (χ4v) is 3.35. The van der Waals surface area contributed by atoms with Gasteiger partial charge in [0.2, 0.25) is 5.91 Å². The van der Waals surface area contributed by atoms with E-state index in [4.69, 9.17) is 4.74 Å². The van der Waals surface area contributed by atoms with Crippen molar-refractivity contribution in [2.75, 3.05) is 44.7 Å². The van der Waals surface area contributed by atoms with Crippen LogP contribution in [0.4, 0.5) is 10.1 Å². The third-order valence-electron chi connectivity index (χ3n) is 4.61. The maximum atomic E-state index is 14.4. The van der Waals surface area contributed by atoms with Crippen molar-refractivity contribution >= 4 is 11.6 Å². The van der Waals surface area contributed by atoms with Gasteiger partial charge in [0.15, 0.2) is 0 Å². The summed E-state index contributed by atoms with van der Waals surface area (Å²) < 4.78 is 19.9. The van der Waals surface area contributed by atoms with E-state index in [2.05, 4.69) is 15.1 Å². The summed E-state index contributed by atoms with van der Waals surface area (Å²) in [5.41, 5.74) is 1.72. The lowest BCUT2D eigenvalue weighted by Gasteiger charge is -2.33. The number of ether oxygens (including phenoxy) is 1.